The molecule has 0 aliphatic heterocycles. The monoisotopic (exact) mass is 460 g/mol. The number of hydrogen-bond acceptors (Lipinski definition) is 3. The van der Waals surface area contributed by atoms with Gasteiger partial charge in [0.25, 0.3) is 0 Å². The van der Waals surface area contributed by atoms with Crippen molar-refractivity contribution in [3.8, 4) is 0 Å². The summed E-state index contributed by atoms with van der Waals surface area (Å²) < 4.78 is 84.7. The number of amides is 1. The van der Waals surface area contributed by atoms with Crippen LogP contribution in [0.3, 0.4) is 0 Å². The Morgan fingerprint density at radius 2 is 1.50 bits per heavy atom. The summed E-state index contributed by atoms with van der Waals surface area (Å²) in [5.41, 5.74) is 7.11. The molecule has 1 unspecified atom stereocenters. The van der Waals surface area contributed by atoms with Crippen molar-refractivity contribution in [2.24, 2.45) is 11.5 Å². The summed E-state index contributed by atoms with van der Waals surface area (Å²) in [5, 5.41) is 0. The molecule has 1 saturated carbocycles. The first kappa shape index (κ1) is 24.1. The van der Waals surface area contributed by atoms with E-state index >= 15 is 0 Å². The third-order valence-electron chi connectivity index (χ3n) is 5.87. The van der Waals surface area contributed by atoms with E-state index in [1.807, 2.05) is 0 Å². The SMILES string of the molecule is CC(OCC1(c2ccccc2)CC(N)(C(N)=O)C1)c1cc(C(F)(F)F)cc(C(F)(F)F)c1. The Morgan fingerprint density at radius 1 is 1.00 bits per heavy atom. The molecular weight excluding hydrogens is 438 g/mol. The van der Waals surface area contributed by atoms with E-state index in [1.54, 1.807) is 30.3 Å². The van der Waals surface area contributed by atoms with Crippen molar-refractivity contribution in [3.63, 3.8) is 0 Å². The molecule has 0 spiro atoms. The van der Waals surface area contributed by atoms with Gasteiger partial charge < -0.3 is 16.2 Å². The van der Waals surface area contributed by atoms with Crippen LogP contribution in [0, 0.1) is 0 Å². The van der Waals surface area contributed by atoms with Crippen LogP contribution in [0.4, 0.5) is 26.3 Å². The van der Waals surface area contributed by atoms with E-state index in [0.717, 1.165) is 5.56 Å². The van der Waals surface area contributed by atoms with E-state index in [-0.39, 0.29) is 31.1 Å². The quantitative estimate of drug-likeness (QED) is 0.613. The zero-order valence-electron chi connectivity index (χ0n) is 17.1. The summed E-state index contributed by atoms with van der Waals surface area (Å²) in [6.07, 6.45) is -10.7. The molecule has 0 saturated heterocycles. The summed E-state index contributed by atoms with van der Waals surface area (Å²) in [4.78, 5) is 11.7. The predicted octanol–water partition coefficient (Wildman–Crippen LogP) is 4.72. The van der Waals surface area contributed by atoms with E-state index in [2.05, 4.69) is 0 Å². The lowest BCUT2D eigenvalue weighted by Crippen LogP contribution is -2.68. The highest BCUT2D eigenvalue weighted by Gasteiger charge is 2.57. The molecule has 2 aromatic carbocycles. The molecule has 1 atom stereocenters. The minimum absolute atomic E-state index is 0.0675. The average Bonchev–Trinajstić information content (AvgIpc) is 2.68. The van der Waals surface area contributed by atoms with Crippen LogP contribution in [0.1, 0.15) is 48.1 Å². The second-order valence-electron chi connectivity index (χ2n) is 8.31. The molecule has 0 heterocycles. The maximum atomic E-state index is 13.2. The van der Waals surface area contributed by atoms with Gasteiger partial charge in [0, 0.05) is 5.41 Å². The van der Waals surface area contributed by atoms with Gasteiger partial charge in [-0.2, -0.15) is 26.3 Å². The Kier molecular flexibility index (Phi) is 6.07. The van der Waals surface area contributed by atoms with Gasteiger partial charge in [-0.05, 0) is 49.1 Å². The van der Waals surface area contributed by atoms with Crippen molar-refractivity contribution in [1.29, 1.82) is 0 Å². The van der Waals surface area contributed by atoms with Crippen molar-refractivity contribution in [1.82, 2.24) is 0 Å². The molecule has 2 aromatic rings. The number of nitrogens with two attached hydrogens (primary N) is 2. The van der Waals surface area contributed by atoms with Gasteiger partial charge in [0.15, 0.2) is 0 Å². The van der Waals surface area contributed by atoms with Crippen molar-refractivity contribution >= 4 is 5.91 Å². The van der Waals surface area contributed by atoms with E-state index in [1.165, 1.54) is 6.92 Å². The summed E-state index contributed by atoms with van der Waals surface area (Å²) in [6, 6.07) is 10.3. The molecule has 4 N–H and O–H groups in total. The highest BCUT2D eigenvalue weighted by molar-refractivity contribution is 5.86. The molecule has 1 amide bonds. The molecule has 0 aromatic heterocycles. The van der Waals surface area contributed by atoms with Crippen LogP contribution in [0.15, 0.2) is 48.5 Å². The van der Waals surface area contributed by atoms with Crippen LogP contribution in [-0.4, -0.2) is 18.1 Å². The van der Waals surface area contributed by atoms with Crippen LogP contribution in [-0.2, 0) is 27.3 Å². The van der Waals surface area contributed by atoms with Crippen molar-refractivity contribution < 1.29 is 35.9 Å². The minimum Gasteiger partial charge on any atom is -0.373 e. The number of rotatable bonds is 6. The smallest absolute Gasteiger partial charge is 0.373 e. The molecule has 1 aliphatic rings. The van der Waals surface area contributed by atoms with Gasteiger partial charge in [-0.25, -0.2) is 0 Å². The Hall–Kier alpha value is -2.59. The van der Waals surface area contributed by atoms with Crippen LogP contribution in [0.2, 0.25) is 0 Å². The lowest BCUT2D eigenvalue weighted by atomic mass is 9.55. The zero-order valence-corrected chi connectivity index (χ0v) is 17.1. The highest BCUT2D eigenvalue weighted by atomic mass is 19.4. The number of hydrogen-bond donors (Lipinski definition) is 2. The number of halogens is 6. The Balaban J connectivity index is 1.87. The summed E-state index contributed by atoms with van der Waals surface area (Å²) >= 11 is 0. The van der Waals surface area contributed by atoms with Crippen LogP contribution < -0.4 is 11.5 Å². The number of carbonyl (C=O) groups excluding carboxylic acids is 1. The van der Waals surface area contributed by atoms with Crippen LogP contribution in [0.5, 0.6) is 0 Å². The third kappa shape index (κ3) is 4.75. The molecule has 3 rings (SSSR count). The summed E-state index contributed by atoms with van der Waals surface area (Å²) in [7, 11) is 0. The lowest BCUT2D eigenvalue weighted by Gasteiger charge is -2.53. The molecule has 0 radical (unpaired) electrons. The van der Waals surface area contributed by atoms with Gasteiger partial charge in [0.1, 0.15) is 0 Å². The minimum atomic E-state index is -4.95. The Morgan fingerprint density at radius 3 is 1.94 bits per heavy atom. The number of benzene rings is 2. The fraction of sp³-hybridized carbons (Fsp3) is 0.409. The molecule has 1 aliphatic carbocycles. The second-order valence-corrected chi connectivity index (χ2v) is 8.31. The maximum Gasteiger partial charge on any atom is 0.416 e. The summed E-state index contributed by atoms with van der Waals surface area (Å²) in [6.45, 7) is 1.30. The van der Waals surface area contributed by atoms with Gasteiger partial charge in [0.2, 0.25) is 5.91 Å². The average molecular weight is 460 g/mol. The largest absolute Gasteiger partial charge is 0.416 e. The summed E-state index contributed by atoms with van der Waals surface area (Å²) in [5.74, 6) is -0.690. The third-order valence-corrected chi connectivity index (χ3v) is 5.87. The van der Waals surface area contributed by atoms with E-state index < -0.39 is 46.4 Å². The fourth-order valence-corrected chi connectivity index (χ4v) is 4.11. The zero-order chi connectivity index (χ0) is 23.9. The normalized spacial score (nSPS) is 24.6. The number of alkyl halides is 6. The van der Waals surface area contributed by atoms with Crippen molar-refractivity contribution in [2.45, 2.75) is 49.2 Å². The van der Waals surface area contributed by atoms with Crippen molar-refractivity contribution in [2.75, 3.05) is 6.61 Å². The molecule has 174 valence electrons. The highest BCUT2D eigenvalue weighted by Crippen LogP contribution is 2.50. The molecule has 32 heavy (non-hydrogen) atoms. The fourth-order valence-electron chi connectivity index (χ4n) is 4.11. The van der Waals surface area contributed by atoms with Gasteiger partial charge in [0.05, 0.1) is 29.4 Å². The maximum absolute atomic E-state index is 13.2. The number of ether oxygens (including phenoxy) is 1. The number of carbonyl (C=O) groups is 1. The van der Waals surface area contributed by atoms with Gasteiger partial charge >= 0.3 is 12.4 Å². The molecule has 4 nitrogen and oxygen atoms in total. The molecular formula is C22H22F6N2O2. The first-order chi connectivity index (χ1) is 14.7. The van der Waals surface area contributed by atoms with Gasteiger partial charge in [-0.3, -0.25) is 4.79 Å². The van der Waals surface area contributed by atoms with Crippen molar-refractivity contribution in [3.05, 3.63) is 70.8 Å². The van der Waals surface area contributed by atoms with E-state index in [4.69, 9.17) is 16.2 Å². The van der Waals surface area contributed by atoms with E-state index in [0.29, 0.717) is 12.1 Å². The Labute approximate surface area is 180 Å². The molecule has 10 heteroatoms. The topological polar surface area (TPSA) is 78.3 Å². The molecule has 1 fully saturated rings. The first-order valence-corrected chi connectivity index (χ1v) is 9.72. The standard InChI is InChI=1S/C22H22F6N2O2/c1-13(14-7-16(21(23,24)25)9-17(8-14)22(26,27)28)32-12-19(15-5-3-2-4-6-15)10-20(30,11-19)18(29)31/h2-9,13H,10-12,30H2,1H3,(H2,29,31). The lowest BCUT2D eigenvalue weighted by molar-refractivity contribution is -0.143. The van der Waals surface area contributed by atoms with Crippen LogP contribution in [0.25, 0.3) is 0 Å². The number of primary amides is 1. The second kappa shape index (κ2) is 8.08. The predicted molar refractivity (Wildman–Crippen MR) is 104 cm³/mol. The van der Waals surface area contributed by atoms with Crippen LogP contribution >= 0.6 is 0 Å². The van der Waals surface area contributed by atoms with Gasteiger partial charge in [-0.15, -0.1) is 0 Å². The Bertz CT molecular complexity index is 950. The van der Waals surface area contributed by atoms with Gasteiger partial charge in [-0.1, -0.05) is 30.3 Å². The van der Waals surface area contributed by atoms with E-state index in [9.17, 15) is 31.1 Å². The first-order valence-electron chi connectivity index (χ1n) is 9.72. The molecule has 0 bridgehead atoms.